The summed E-state index contributed by atoms with van der Waals surface area (Å²) in [5.41, 5.74) is -0.356. The summed E-state index contributed by atoms with van der Waals surface area (Å²) in [6.07, 6.45) is 0.246. The molecule has 1 aromatic carbocycles. The van der Waals surface area contributed by atoms with E-state index in [1.165, 1.54) is 14.2 Å². The van der Waals surface area contributed by atoms with Crippen LogP contribution in [0.15, 0.2) is 6.07 Å². The summed E-state index contributed by atoms with van der Waals surface area (Å²) in [5, 5.41) is 0. The van der Waals surface area contributed by atoms with Crippen molar-refractivity contribution in [1.29, 1.82) is 0 Å². The van der Waals surface area contributed by atoms with Gasteiger partial charge in [-0.05, 0) is 0 Å². The Morgan fingerprint density at radius 1 is 1.14 bits per heavy atom. The topological polar surface area (TPSA) is 35.5 Å². The lowest BCUT2D eigenvalue weighted by molar-refractivity contribution is 0.111. The van der Waals surface area contributed by atoms with E-state index < -0.39 is 11.6 Å². The number of benzene rings is 1. The van der Waals surface area contributed by atoms with Gasteiger partial charge >= 0.3 is 0 Å². The molecule has 3 nitrogen and oxygen atoms in total. The minimum absolute atomic E-state index is 0.236. The molecular weight excluding hydrogens is 194 g/mol. The summed E-state index contributed by atoms with van der Waals surface area (Å²) in [6, 6.07) is 0.574. The van der Waals surface area contributed by atoms with Crippen molar-refractivity contribution in [2.24, 2.45) is 0 Å². The Labute approximate surface area is 79.2 Å². The first-order chi connectivity index (χ1) is 6.65. The molecule has 0 radical (unpaired) electrons. The monoisotopic (exact) mass is 202 g/mol. The molecule has 0 amide bonds. The van der Waals surface area contributed by atoms with Crippen LogP contribution in [-0.2, 0) is 0 Å². The Morgan fingerprint density at radius 2 is 1.71 bits per heavy atom. The standard InChI is InChI=1S/C9H8F2O3/c1-13-8-5(4-12)6(10)3-7(11)9(8)14-2/h3-4H,1-2H3. The van der Waals surface area contributed by atoms with Crippen molar-refractivity contribution in [3.8, 4) is 11.5 Å². The molecule has 0 spiro atoms. The molecule has 5 heteroatoms. The van der Waals surface area contributed by atoms with Gasteiger partial charge in [-0.3, -0.25) is 4.79 Å². The molecule has 0 aromatic heterocycles. The van der Waals surface area contributed by atoms with Gasteiger partial charge in [0.05, 0.1) is 19.8 Å². The van der Waals surface area contributed by atoms with E-state index in [2.05, 4.69) is 9.47 Å². The van der Waals surface area contributed by atoms with E-state index in [0.717, 1.165) is 0 Å². The van der Waals surface area contributed by atoms with E-state index in [4.69, 9.17) is 0 Å². The molecule has 0 bridgehead atoms. The molecular formula is C9H8F2O3. The highest BCUT2D eigenvalue weighted by atomic mass is 19.1. The molecule has 1 aromatic rings. The Morgan fingerprint density at radius 3 is 2.14 bits per heavy atom. The Balaban J connectivity index is 3.50. The van der Waals surface area contributed by atoms with Gasteiger partial charge in [-0.25, -0.2) is 8.78 Å². The fraction of sp³-hybridized carbons (Fsp3) is 0.222. The van der Waals surface area contributed by atoms with Gasteiger partial charge in [0.1, 0.15) is 5.82 Å². The molecule has 0 N–H and O–H groups in total. The first kappa shape index (κ1) is 10.4. The smallest absolute Gasteiger partial charge is 0.197 e. The summed E-state index contributed by atoms with van der Waals surface area (Å²) in [6.45, 7) is 0. The zero-order valence-corrected chi connectivity index (χ0v) is 7.64. The van der Waals surface area contributed by atoms with Crippen LogP contribution in [0.1, 0.15) is 10.4 Å². The van der Waals surface area contributed by atoms with Crippen LogP contribution in [0.5, 0.6) is 11.5 Å². The number of rotatable bonds is 3. The maximum Gasteiger partial charge on any atom is 0.197 e. The van der Waals surface area contributed by atoms with E-state index >= 15 is 0 Å². The van der Waals surface area contributed by atoms with Gasteiger partial charge in [0, 0.05) is 6.07 Å². The maximum atomic E-state index is 13.1. The highest BCUT2D eigenvalue weighted by Gasteiger charge is 2.19. The van der Waals surface area contributed by atoms with Gasteiger partial charge < -0.3 is 9.47 Å². The van der Waals surface area contributed by atoms with Gasteiger partial charge in [0.25, 0.3) is 0 Å². The van der Waals surface area contributed by atoms with Crippen molar-refractivity contribution in [2.45, 2.75) is 0 Å². The van der Waals surface area contributed by atoms with Crippen molar-refractivity contribution < 1.29 is 23.0 Å². The molecule has 0 fully saturated rings. The second-order valence-corrected chi connectivity index (χ2v) is 2.44. The largest absolute Gasteiger partial charge is 0.492 e. The number of hydrogen-bond donors (Lipinski definition) is 0. The fourth-order valence-corrected chi connectivity index (χ4v) is 1.10. The summed E-state index contributed by atoms with van der Waals surface area (Å²) in [5.74, 6) is -2.40. The van der Waals surface area contributed by atoms with E-state index in [1.54, 1.807) is 0 Å². The molecule has 0 aliphatic carbocycles. The first-order valence-corrected chi connectivity index (χ1v) is 3.70. The molecule has 1 rings (SSSR count). The van der Waals surface area contributed by atoms with Gasteiger partial charge in [0.2, 0.25) is 0 Å². The van der Waals surface area contributed by atoms with Crippen molar-refractivity contribution >= 4 is 6.29 Å². The van der Waals surface area contributed by atoms with Gasteiger partial charge in [0.15, 0.2) is 23.6 Å². The van der Waals surface area contributed by atoms with E-state index in [0.29, 0.717) is 6.07 Å². The average Bonchev–Trinajstić information content (AvgIpc) is 2.16. The second kappa shape index (κ2) is 4.04. The van der Waals surface area contributed by atoms with Crippen molar-refractivity contribution in [3.05, 3.63) is 23.3 Å². The second-order valence-electron chi connectivity index (χ2n) is 2.44. The lowest BCUT2D eigenvalue weighted by Crippen LogP contribution is -2.01. The highest BCUT2D eigenvalue weighted by molar-refractivity contribution is 5.81. The number of aldehydes is 1. The van der Waals surface area contributed by atoms with Crippen LogP contribution in [0.3, 0.4) is 0 Å². The number of carbonyl (C=O) groups is 1. The summed E-state index contributed by atoms with van der Waals surface area (Å²) < 4.78 is 35.4. The van der Waals surface area contributed by atoms with Crippen LogP contribution in [0, 0.1) is 11.6 Å². The van der Waals surface area contributed by atoms with Crippen LogP contribution in [0.4, 0.5) is 8.78 Å². The van der Waals surface area contributed by atoms with Crippen LogP contribution >= 0.6 is 0 Å². The molecule has 0 atom stereocenters. The maximum absolute atomic E-state index is 13.1. The molecule has 14 heavy (non-hydrogen) atoms. The van der Waals surface area contributed by atoms with Crippen LogP contribution in [0.25, 0.3) is 0 Å². The first-order valence-electron chi connectivity index (χ1n) is 3.70. The molecule has 0 aliphatic heterocycles. The fourth-order valence-electron chi connectivity index (χ4n) is 1.10. The van der Waals surface area contributed by atoms with Crippen LogP contribution < -0.4 is 9.47 Å². The van der Waals surface area contributed by atoms with Gasteiger partial charge in [-0.15, -0.1) is 0 Å². The van der Waals surface area contributed by atoms with E-state index in [-0.39, 0.29) is 23.3 Å². The minimum atomic E-state index is -0.977. The SMILES string of the molecule is COc1c(F)cc(F)c(C=O)c1OC. The zero-order valence-electron chi connectivity index (χ0n) is 7.64. The van der Waals surface area contributed by atoms with E-state index in [9.17, 15) is 13.6 Å². The Kier molecular flexibility index (Phi) is 3.01. The number of hydrogen-bond acceptors (Lipinski definition) is 3. The van der Waals surface area contributed by atoms with Crippen molar-refractivity contribution in [1.82, 2.24) is 0 Å². The lowest BCUT2D eigenvalue weighted by atomic mass is 10.2. The minimum Gasteiger partial charge on any atom is -0.492 e. The van der Waals surface area contributed by atoms with Gasteiger partial charge in [-0.1, -0.05) is 0 Å². The van der Waals surface area contributed by atoms with Gasteiger partial charge in [-0.2, -0.15) is 0 Å². The number of methoxy groups -OCH3 is 2. The summed E-state index contributed by atoms with van der Waals surface area (Å²) >= 11 is 0. The molecule has 0 heterocycles. The average molecular weight is 202 g/mol. The molecule has 0 aliphatic rings. The normalized spacial score (nSPS) is 9.71. The summed E-state index contributed by atoms with van der Waals surface area (Å²) in [4.78, 5) is 10.5. The highest BCUT2D eigenvalue weighted by Crippen LogP contribution is 2.34. The number of carbonyl (C=O) groups excluding carboxylic acids is 1. The third-order valence-electron chi connectivity index (χ3n) is 1.70. The lowest BCUT2D eigenvalue weighted by Gasteiger charge is -2.10. The number of halogens is 2. The molecule has 0 saturated heterocycles. The predicted molar refractivity (Wildman–Crippen MR) is 44.8 cm³/mol. The third kappa shape index (κ3) is 1.53. The quantitative estimate of drug-likeness (QED) is 0.701. The van der Waals surface area contributed by atoms with E-state index in [1.807, 2.05) is 0 Å². The molecule has 76 valence electrons. The van der Waals surface area contributed by atoms with Crippen LogP contribution in [0.2, 0.25) is 0 Å². The van der Waals surface area contributed by atoms with Crippen molar-refractivity contribution in [3.63, 3.8) is 0 Å². The zero-order chi connectivity index (χ0) is 10.7. The summed E-state index contributed by atoms with van der Waals surface area (Å²) in [7, 11) is 2.40. The number of ether oxygens (including phenoxy) is 2. The predicted octanol–water partition coefficient (Wildman–Crippen LogP) is 1.79. The van der Waals surface area contributed by atoms with Crippen molar-refractivity contribution in [2.75, 3.05) is 14.2 Å². The molecule has 0 unspecified atom stereocenters. The third-order valence-corrected chi connectivity index (χ3v) is 1.70. The Bertz CT molecular complexity index is 364. The van der Waals surface area contributed by atoms with Crippen LogP contribution in [-0.4, -0.2) is 20.5 Å². The molecule has 0 saturated carbocycles. The Hall–Kier alpha value is -1.65.